The fourth-order valence-electron chi connectivity index (χ4n) is 1.12. The monoisotopic (exact) mass is 156 g/mol. The van der Waals surface area contributed by atoms with Gasteiger partial charge >= 0.3 is 0 Å². The van der Waals surface area contributed by atoms with Crippen LogP contribution in [0.15, 0.2) is 12.7 Å². The molecule has 0 aromatic rings. The van der Waals surface area contributed by atoms with Gasteiger partial charge in [-0.1, -0.05) is 38.7 Å². The second-order valence-corrected chi connectivity index (χ2v) is 3.03. The van der Waals surface area contributed by atoms with Crippen molar-refractivity contribution in [2.45, 2.75) is 51.6 Å². The van der Waals surface area contributed by atoms with Crippen LogP contribution >= 0.6 is 0 Å². The highest BCUT2D eigenvalue weighted by molar-refractivity contribution is 4.71. The Morgan fingerprint density at radius 3 is 2.64 bits per heavy atom. The van der Waals surface area contributed by atoms with Crippen LogP contribution in [-0.2, 0) is 0 Å². The van der Waals surface area contributed by atoms with Gasteiger partial charge in [0.25, 0.3) is 0 Å². The van der Waals surface area contributed by atoms with Gasteiger partial charge in [-0.2, -0.15) is 0 Å². The third kappa shape index (κ3) is 7.60. The van der Waals surface area contributed by atoms with Crippen LogP contribution in [0.2, 0.25) is 0 Å². The summed E-state index contributed by atoms with van der Waals surface area (Å²) in [4.78, 5) is 0. The van der Waals surface area contributed by atoms with E-state index in [-0.39, 0.29) is 6.10 Å². The molecular formula is C10H20O. The Hall–Kier alpha value is -0.300. The molecule has 0 bridgehead atoms. The summed E-state index contributed by atoms with van der Waals surface area (Å²) in [5, 5.41) is 9.28. The summed E-state index contributed by atoms with van der Waals surface area (Å²) in [5.41, 5.74) is 0. The van der Waals surface area contributed by atoms with E-state index in [1.165, 1.54) is 19.3 Å². The fourth-order valence-corrected chi connectivity index (χ4v) is 1.12. The summed E-state index contributed by atoms with van der Waals surface area (Å²) in [7, 11) is 0. The molecule has 1 nitrogen and oxygen atoms in total. The van der Waals surface area contributed by atoms with Crippen LogP contribution in [0, 0.1) is 0 Å². The van der Waals surface area contributed by atoms with E-state index in [4.69, 9.17) is 0 Å². The zero-order valence-electron chi connectivity index (χ0n) is 7.55. The van der Waals surface area contributed by atoms with Crippen molar-refractivity contribution in [3.8, 4) is 0 Å². The first-order valence-electron chi connectivity index (χ1n) is 4.60. The first-order chi connectivity index (χ1) is 5.31. The zero-order valence-corrected chi connectivity index (χ0v) is 7.55. The predicted octanol–water partition coefficient (Wildman–Crippen LogP) is 2.89. The fraction of sp³-hybridized carbons (Fsp3) is 0.800. The van der Waals surface area contributed by atoms with Crippen LogP contribution in [-0.4, -0.2) is 11.2 Å². The molecule has 0 fully saturated rings. The molecule has 66 valence electrons. The van der Waals surface area contributed by atoms with Gasteiger partial charge in [0.05, 0.1) is 6.10 Å². The molecule has 0 heterocycles. The van der Waals surface area contributed by atoms with Gasteiger partial charge in [-0.05, 0) is 12.8 Å². The van der Waals surface area contributed by atoms with Crippen molar-refractivity contribution in [2.75, 3.05) is 0 Å². The van der Waals surface area contributed by atoms with Gasteiger partial charge in [0.15, 0.2) is 0 Å². The highest BCUT2D eigenvalue weighted by Gasteiger charge is 1.99. The Morgan fingerprint density at radius 1 is 1.36 bits per heavy atom. The maximum atomic E-state index is 9.28. The van der Waals surface area contributed by atoms with Gasteiger partial charge in [0.2, 0.25) is 0 Å². The molecule has 1 heteroatoms. The molecule has 0 aromatic carbocycles. The number of hydrogen-bond donors (Lipinski definition) is 1. The lowest BCUT2D eigenvalue weighted by atomic mass is 10.1. The highest BCUT2D eigenvalue weighted by atomic mass is 16.3. The molecular weight excluding hydrogens is 136 g/mol. The van der Waals surface area contributed by atoms with Crippen molar-refractivity contribution in [2.24, 2.45) is 0 Å². The van der Waals surface area contributed by atoms with Crippen molar-refractivity contribution >= 4 is 0 Å². The Balaban J connectivity index is 3.03. The summed E-state index contributed by atoms with van der Waals surface area (Å²) < 4.78 is 0. The molecule has 0 saturated heterocycles. The van der Waals surface area contributed by atoms with E-state index in [2.05, 4.69) is 13.5 Å². The van der Waals surface area contributed by atoms with Crippen LogP contribution in [0.1, 0.15) is 45.4 Å². The normalized spacial score (nSPS) is 12.9. The summed E-state index contributed by atoms with van der Waals surface area (Å²) in [6, 6.07) is 0. The number of aliphatic hydroxyl groups excluding tert-OH is 1. The van der Waals surface area contributed by atoms with Crippen molar-refractivity contribution in [1.29, 1.82) is 0 Å². The highest BCUT2D eigenvalue weighted by Crippen LogP contribution is 2.07. The van der Waals surface area contributed by atoms with Gasteiger partial charge in [0, 0.05) is 0 Å². The van der Waals surface area contributed by atoms with Crippen LogP contribution < -0.4 is 0 Å². The maximum Gasteiger partial charge on any atom is 0.0574 e. The topological polar surface area (TPSA) is 20.2 Å². The van der Waals surface area contributed by atoms with E-state index in [0.29, 0.717) is 0 Å². The van der Waals surface area contributed by atoms with Crippen LogP contribution in [0.4, 0.5) is 0 Å². The first-order valence-corrected chi connectivity index (χ1v) is 4.60. The first kappa shape index (κ1) is 10.7. The lowest BCUT2D eigenvalue weighted by Gasteiger charge is -2.06. The van der Waals surface area contributed by atoms with Gasteiger partial charge < -0.3 is 5.11 Å². The Morgan fingerprint density at radius 2 is 2.09 bits per heavy atom. The second kappa shape index (κ2) is 7.80. The van der Waals surface area contributed by atoms with Crippen LogP contribution in [0.5, 0.6) is 0 Å². The van der Waals surface area contributed by atoms with Gasteiger partial charge in [-0.3, -0.25) is 0 Å². The predicted molar refractivity (Wildman–Crippen MR) is 49.6 cm³/mol. The van der Waals surface area contributed by atoms with E-state index >= 15 is 0 Å². The number of hydrogen-bond acceptors (Lipinski definition) is 1. The minimum absolute atomic E-state index is 0.149. The molecule has 0 spiro atoms. The Labute approximate surface area is 70.1 Å². The molecule has 1 N–H and O–H groups in total. The molecule has 0 radical (unpaired) electrons. The molecule has 1 atom stereocenters. The van der Waals surface area contributed by atoms with Gasteiger partial charge in [-0.25, -0.2) is 0 Å². The number of aliphatic hydroxyl groups is 1. The number of rotatable bonds is 7. The molecule has 0 aliphatic carbocycles. The average molecular weight is 156 g/mol. The van der Waals surface area contributed by atoms with Crippen LogP contribution in [0.3, 0.4) is 0 Å². The lowest BCUT2D eigenvalue weighted by Crippen LogP contribution is -2.03. The minimum atomic E-state index is -0.149. The molecule has 1 unspecified atom stereocenters. The van der Waals surface area contributed by atoms with Crippen molar-refractivity contribution in [3.63, 3.8) is 0 Å². The van der Waals surface area contributed by atoms with E-state index in [1.807, 2.05) is 0 Å². The Kier molecular flexibility index (Phi) is 7.59. The average Bonchev–Trinajstić information content (AvgIpc) is 1.99. The quantitative estimate of drug-likeness (QED) is 0.444. The largest absolute Gasteiger partial charge is 0.393 e. The van der Waals surface area contributed by atoms with E-state index in [9.17, 15) is 5.11 Å². The SMILES string of the molecule is C=CCC(O)CCCCCC. The molecule has 0 saturated carbocycles. The molecule has 0 aliphatic rings. The summed E-state index contributed by atoms with van der Waals surface area (Å²) in [6.45, 7) is 5.78. The second-order valence-electron chi connectivity index (χ2n) is 3.03. The summed E-state index contributed by atoms with van der Waals surface area (Å²) in [5.74, 6) is 0. The molecule has 0 amide bonds. The molecule has 0 aliphatic heterocycles. The Bertz CT molecular complexity index is 88.9. The van der Waals surface area contributed by atoms with Crippen molar-refractivity contribution < 1.29 is 5.11 Å². The molecule has 0 rings (SSSR count). The van der Waals surface area contributed by atoms with E-state index in [0.717, 1.165) is 19.3 Å². The summed E-state index contributed by atoms with van der Waals surface area (Å²) in [6.07, 6.45) is 8.28. The third-order valence-corrected chi connectivity index (χ3v) is 1.83. The van der Waals surface area contributed by atoms with Crippen LogP contribution in [0.25, 0.3) is 0 Å². The zero-order chi connectivity index (χ0) is 8.53. The van der Waals surface area contributed by atoms with Crippen molar-refractivity contribution in [1.82, 2.24) is 0 Å². The standard InChI is InChI=1S/C10H20O/c1-3-5-6-7-9-10(11)8-4-2/h4,10-11H,2-3,5-9H2,1H3. The smallest absolute Gasteiger partial charge is 0.0574 e. The summed E-state index contributed by atoms with van der Waals surface area (Å²) >= 11 is 0. The molecule has 11 heavy (non-hydrogen) atoms. The lowest BCUT2D eigenvalue weighted by molar-refractivity contribution is 0.164. The minimum Gasteiger partial charge on any atom is -0.393 e. The maximum absolute atomic E-state index is 9.28. The van der Waals surface area contributed by atoms with Crippen molar-refractivity contribution in [3.05, 3.63) is 12.7 Å². The number of unbranched alkanes of at least 4 members (excludes halogenated alkanes) is 3. The third-order valence-electron chi connectivity index (χ3n) is 1.83. The van der Waals surface area contributed by atoms with E-state index in [1.54, 1.807) is 6.08 Å². The van der Waals surface area contributed by atoms with Gasteiger partial charge in [0.1, 0.15) is 0 Å². The van der Waals surface area contributed by atoms with E-state index < -0.39 is 0 Å². The molecule has 0 aromatic heterocycles. The van der Waals surface area contributed by atoms with Gasteiger partial charge in [-0.15, -0.1) is 6.58 Å².